The SMILES string of the molecule is NC(C(=O)N1Cc2ccccc2C1C(=O)O)C1CCOCC1. The number of carbonyl (C=O) groups excluding carboxylic acids is 1. The Balaban J connectivity index is 1.81. The van der Waals surface area contributed by atoms with Gasteiger partial charge in [0.1, 0.15) is 0 Å². The first-order valence-electron chi connectivity index (χ1n) is 7.54. The number of benzene rings is 1. The van der Waals surface area contributed by atoms with Crippen LogP contribution in [0.3, 0.4) is 0 Å². The highest BCUT2D eigenvalue weighted by Crippen LogP contribution is 2.35. The molecule has 1 saturated heterocycles. The second kappa shape index (κ2) is 6.06. The molecule has 118 valence electrons. The van der Waals surface area contributed by atoms with Crippen LogP contribution in [0.2, 0.25) is 0 Å². The van der Waals surface area contributed by atoms with Crippen molar-refractivity contribution in [3.8, 4) is 0 Å². The second-order valence-electron chi connectivity index (χ2n) is 5.88. The van der Waals surface area contributed by atoms with Crippen LogP contribution in [0.4, 0.5) is 0 Å². The molecule has 2 aliphatic rings. The summed E-state index contributed by atoms with van der Waals surface area (Å²) in [6.45, 7) is 1.52. The Morgan fingerprint density at radius 3 is 2.64 bits per heavy atom. The Labute approximate surface area is 128 Å². The zero-order valence-corrected chi connectivity index (χ0v) is 12.3. The van der Waals surface area contributed by atoms with Crippen LogP contribution in [0.5, 0.6) is 0 Å². The molecule has 6 nitrogen and oxygen atoms in total. The number of hydrogen-bond acceptors (Lipinski definition) is 4. The predicted octanol–water partition coefficient (Wildman–Crippen LogP) is 0.908. The van der Waals surface area contributed by atoms with E-state index in [4.69, 9.17) is 10.5 Å². The number of carbonyl (C=O) groups is 2. The van der Waals surface area contributed by atoms with Crippen molar-refractivity contribution in [3.63, 3.8) is 0 Å². The lowest BCUT2D eigenvalue weighted by Crippen LogP contribution is -2.49. The highest BCUT2D eigenvalue weighted by Gasteiger charge is 2.41. The monoisotopic (exact) mass is 304 g/mol. The molecule has 1 fully saturated rings. The lowest BCUT2D eigenvalue weighted by molar-refractivity contribution is -0.151. The maximum atomic E-state index is 12.7. The number of carboxylic acid groups (broad SMARTS) is 1. The smallest absolute Gasteiger partial charge is 0.331 e. The Morgan fingerprint density at radius 1 is 1.27 bits per heavy atom. The fraction of sp³-hybridized carbons (Fsp3) is 0.500. The molecular weight excluding hydrogens is 284 g/mol. The average Bonchev–Trinajstić information content (AvgIpc) is 2.94. The Bertz CT molecular complexity index is 583. The third kappa shape index (κ3) is 2.60. The second-order valence-corrected chi connectivity index (χ2v) is 5.88. The number of hydrogen-bond donors (Lipinski definition) is 2. The van der Waals surface area contributed by atoms with Crippen LogP contribution in [0.15, 0.2) is 24.3 Å². The molecule has 22 heavy (non-hydrogen) atoms. The van der Waals surface area contributed by atoms with E-state index in [0.717, 1.165) is 18.4 Å². The van der Waals surface area contributed by atoms with Crippen molar-refractivity contribution in [1.29, 1.82) is 0 Å². The van der Waals surface area contributed by atoms with Gasteiger partial charge in [-0.3, -0.25) is 4.79 Å². The van der Waals surface area contributed by atoms with Crippen LogP contribution < -0.4 is 5.73 Å². The Morgan fingerprint density at radius 2 is 1.95 bits per heavy atom. The number of carboxylic acids is 1. The van der Waals surface area contributed by atoms with E-state index in [9.17, 15) is 14.7 Å². The standard InChI is InChI=1S/C16H20N2O4/c17-13(10-5-7-22-8-6-10)15(19)18-9-11-3-1-2-4-12(11)14(18)16(20)21/h1-4,10,13-14H,5-9,17H2,(H,20,21). The van der Waals surface area contributed by atoms with Gasteiger partial charge in [-0.2, -0.15) is 0 Å². The van der Waals surface area contributed by atoms with Crippen molar-refractivity contribution in [1.82, 2.24) is 4.90 Å². The van der Waals surface area contributed by atoms with Gasteiger partial charge in [0.05, 0.1) is 6.04 Å². The van der Waals surface area contributed by atoms with Gasteiger partial charge in [-0.15, -0.1) is 0 Å². The van der Waals surface area contributed by atoms with Crippen LogP contribution in [0.1, 0.15) is 30.0 Å². The predicted molar refractivity (Wildman–Crippen MR) is 78.9 cm³/mol. The summed E-state index contributed by atoms with van der Waals surface area (Å²) in [4.78, 5) is 25.7. The zero-order chi connectivity index (χ0) is 15.7. The topological polar surface area (TPSA) is 92.9 Å². The van der Waals surface area contributed by atoms with Crippen LogP contribution >= 0.6 is 0 Å². The molecule has 6 heteroatoms. The van der Waals surface area contributed by atoms with E-state index in [-0.39, 0.29) is 11.8 Å². The van der Waals surface area contributed by atoms with Gasteiger partial charge in [-0.1, -0.05) is 24.3 Å². The van der Waals surface area contributed by atoms with E-state index in [2.05, 4.69) is 0 Å². The third-order valence-electron chi connectivity index (χ3n) is 4.58. The number of aliphatic carboxylic acids is 1. The largest absolute Gasteiger partial charge is 0.479 e. The summed E-state index contributed by atoms with van der Waals surface area (Å²) < 4.78 is 5.29. The Hall–Kier alpha value is -1.92. The van der Waals surface area contributed by atoms with E-state index in [1.165, 1.54) is 4.90 Å². The van der Waals surface area contributed by atoms with Crippen LogP contribution in [-0.4, -0.2) is 41.1 Å². The molecule has 0 aliphatic carbocycles. The van der Waals surface area contributed by atoms with E-state index < -0.39 is 18.1 Å². The minimum Gasteiger partial charge on any atom is -0.479 e. The van der Waals surface area contributed by atoms with Crippen molar-refractivity contribution in [3.05, 3.63) is 35.4 Å². The molecule has 1 aromatic rings. The fourth-order valence-corrected chi connectivity index (χ4v) is 3.33. The van der Waals surface area contributed by atoms with Crippen molar-refractivity contribution in [2.75, 3.05) is 13.2 Å². The first kappa shape index (κ1) is 15.0. The van der Waals surface area contributed by atoms with Crippen LogP contribution in [-0.2, 0) is 20.9 Å². The van der Waals surface area contributed by atoms with Gasteiger partial charge in [0.25, 0.3) is 0 Å². The normalized spacial score (nSPS) is 23.1. The molecule has 2 heterocycles. The lowest BCUT2D eigenvalue weighted by Gasteiger charge is -2.31. The average molecular weight is 304 g/mol. The summed E-state index contributed by atoms with van der Waals surface area (Å²) in [5.41, 5.74) is 7.69. The maximum absolute atomic E-state index is 12.7. The van der Waals surface area contributed by atoms with Crippen molar-refractivity contribution in [2.45, 2.75) is 31.5 Å². The number of ether oxygens (including phenoxy) is 1. The Kier molecular flexibility index (Phi) is 4.13. The molecule has 2 aliphatic heterocycles. The highest BCUT2D eigenvalue weighted by molar-refractivity contribution is 5.89. The van der Waals surface area contributed by atoms with E-state index in [0.29, 0.717) is 25.3 Å². The zero-order valence-electron chi connectivity index (χ0n) is 12.3. The van der Waals surface area contributed by atoms with Gasteiger partial charge < -0.3 is 20.5 Å². The highest BCUT2D eigenvalue weighted by atomic mass is 16.5. The molecule has 3 N–H and O–H groups in total. The quantitative estimate of drug-likeness (QED) is 0.866. The van der Waals surface area contributed by atoms with Gasteiger partial charge >= 0.3 is 5.97 Å². The number of nitrogens with zero attached hydrogens (tertiary/aromatic N) is 1. The molecule has 2 atom stereocenters. The van der Waals surface area contributed by atoms with Gasteiger partial charge in [0, 0.05) is 19.8 Å². The number of rotatable bonds is 3. The molecule has 2 unspecified atom stereocenters. The molecule has 1 amide bonds. The number of amides is 1. The number of nitrogens with two attached hydrogens (primary N) is 1. The van der Waals surface area contributed by atoms with Crippen molar-refractivity contribution >= 4 is 11.9 Å². The van der Waals surface area contributed by atoms with Crippen LogP contribution in [0.25, 0.3) is 0 Å². The third-order valence-corrected chi connectivity index (χ3v) is 4.58. The summed E-state index contributed by atoms with van der Waals surface area (Å²) in [7, 11) is 0. The van der Waals surface area contributed by atoms with E-state index in [1.54, 1.807) is 12.1 Å². The first-order chi connectivity index (χ1) is 10.6. The molecule has 0 saturated carbocycles. The minimum absolute atomic E-state index is 0.0550. The molecule has 0 radical (unpaired) electrons. The van der Waals surface area contributed by atoms with Crippen molar-refractivity contribution in [2.24, 2.45) is 11.7 Å². The molecule has 0 bridgehead atoms. The summed E-state index contributed by atoms with van der Waals surface area (Å²) in [6.07, 6.45) is 1.48. The first-order valence-corrected chi connectivity index (χ1v) is 7.54. The van der Waals surface area contributed by atoms with E-state index in [1.807, 2.05) is 12.1 Å². The van der Waals surface area contributed by atoms with Crippen molar-refractivity contribution < 1.29 is 19.4 Å². The number of fused-ring (bicyclic) bond motifs is 1. The van der Waals surface area contributed by atoms with Gasteiger partial charge in [-0.25, -0.2) is 4.79 Å². The van der Waals surface area contributed by atoms with Crippen LogP contribution in [0, 0.1) is 5.92 Å². The lowest BCUT2D eigenvalue weighted by atomic mass is 9.91. The fourth-order valence-electron chi connectivity index (χ4n) is 3.33. The summed E-state index contributed by atoms with van der Waals surface area (Å²) in [6, 6.07) is 5.67. The van der Waals surface area contributed by atoms with Gasteiger partial charge in [0.2, 0.25) is 5.91 Å². The molecule has 0 spiro atoms. The van der Waals surface area contributed by atoms with Gasteiger partial charge in [-0.05, 0) is 29.9 Å². The summed E-state index contributed by atoms with van der Waals surface area (Å²) >= 11 is 0. The minimum atomic E-state index is -1.02. The summed E-state index contributed by atoms with van der Waals surface area (Å²) in [5.74, 6) is -1.24. The molecule has 1 aromatic carbocycles. The molecule has 3 rings (SSSR count). The molecular formula is C16H20N2O4. The summed E-state index contributed by atoms with van der Waals surface area (Å²) in [5, 5.41) is 9.52. The maximum Gasteiger partial charge on any atom is 0.331 e. The van der Waals surface area contributed by atoms with Gasteiger partial charge in [0.15, 0.2) is 6.04 Å². The molecule has 0 aromatic heterocycles. The van der Waals surface area contributed by atoms with E-state index >= 15 is 0 Å².